The van der Waals surface area contributed by atoms with Crippen LogP contribution < -0.4 is 10.5 Å². The summed E-state index contributed by atoms with van der Waals surface area (Å²) in [6.45, 7) is 0. The molecule has 2 N–H and O–H groups in total. The summed E-state index contributed by atoms with van der Waals surface area (Å²) < 4.78 is 18.7. The van der Waals surface area contributed by atoms with Crippen LogP contribution in [0.15, 0.2) is 12.1 Å². The van der Waals surface area contributed by atoms with Crippen LogP contribution in [-0.4, -0.2) is 17.1 Å². The zero-order valence-electron chi connectivity index (χ0n) is 9.44. The van der Waals surface area contributed by atoms with Gasteiger partial charge in [0.25, 0.3) is 0 Å². The van der Waals surface area contributed by atoms with Crippen LogP contribution >= 0.6 is 11.6 Å². The lowest BCUT2D eigenvalue weighted by molar-refractivity contribution is -0.386. The van der Waals surface area contributed by atoms with Crippen molar-refractivity contribution < 1.29 is 14.1 Å². The molecule has 5 nitrogen and oxygen atoms in total. The molecule has 0 aliphatic heterocycles. The predicted molar refractivity (Wildman–Crippen MR) is 64.3 cm³/mol. The van der Waals surface area contributed by atoms with Gasteiger partial charge in [-0.15, -0.1) is 0 Å². The zero-order chi connectivity index (χ0) is 13.3. The first-order chi connectivity index (χ1) is 8.49. The van der Waals surface area contributed by atoms with Crippen LogP contribution in [-0.2, 0) is 0 Å². The third-order valence-electron chi connectivity index (χ3n) is 2.98. The number of rotatable bonds is 3. The number of hydrogen-bond donors (Lipinski definition) is 1. The fourth-order valence-corrected chi connectivity index (χ4v) is 2.17. The lowest BCUT2D eigenvalue weighted by atomic mass is 10.2. The summed E-state index contributed by atoms with van der Waals surface area (Å²) in [6, 6.07) is 1.73. The Balaban J connectivity index is 2.30. The Hall–Kier alpha value is -1.40. The molecule has 1 aliphatic rings. The average Bonchev–Trinajstić information content (AvgIpc) is 2.69. The molecule has 2 rings (SSSR count). The molecule has 1 saturated carbocycles. The van der Waals surface area contributed by atoms with E-state index >= 15 is 0 Å². The van der Waals surface area contributed by atoms with Gasteiger partial charge in [0, 0.05) is 12.1 Å². The smallest absolute Gasteiger partial charge is 0.313 e. The van der Waals surface area contributed by atoms with E-state index in [0.29, 0.717) is 0 Å². The highest BCUT2D eigenvalue weighted by Gasteiger charge is 2.29. The van der Waals surface area contributed by atoms with Crippen molar-refractivity contribution in [1.82, 2.24) is 0 Å². The Morgan fingerprint density at radius 2 is 2.22 bits per heavy atom. The molecule has 0 radical (unpaired) electrons. The first-order valence-corrected chi connectivity index (χ1v) is 5.92. The average molecular weight is 275 g/mol. The molecule has 0 bridgehead atoms. The Kier molecular flexibility index (Phi) is 3.68. The minimum Gasteiger partial charge on any atom is -0.482 e. The van der Waals surface area contributed by atoms with Gasteiger partial charge < -0.3 is 10.5 Å². The molecule has 2 atom stereocenters. The van der Waals surface area contributed by atoms with Gasteiger partial charge in [-0.2, -0.15) is 0 Å². The van der Waals surface area contributed by atoms with E-state index in [9.17, 15) is 14.5 Å². The van der Waals surface area contributed by atoms with Crippen LogP contribution in [0.2, 0.25) is 5.02 Å². The molecule has 1 aliphatic carbocycles. The number of ether oxygens (including phenoxy) is 1. The van der Waals surface area contributed by atoms with E-state index in [2.05, 4.69) is 0 Å². The van der Waals surface area contributed by atoms with Crippen LogP contribution in [0.3, 0.4) is 0 Å². The van der Waals surface area contributed by atoms with Crippen LogP contribution in [0.25, 0.3) is 0 Å². The molecule has 0 spiro atoms. The van der Waals surface area contributed by atoms with Crippen LogP contribution in [0, 0.1) is 15.9 Å². The second kappa shape index (κ2) is 5.07. The second-order valence-corrected chi connectivity index (χ2v) is 4.65. The topological polar surface area (TPSA) is 78.4 Å². The van der Waals surface area contributed by atoms with Crippen LogP contribution in [0.5, 0.6) is 5.75 Å². The summed E-state index contributed by atoms with van der Waals surface area (Å²) in [7, 11) is 0. The van der Waals surface area contributed by atoms with Gasteiger partial charge >= 0.3 is 5.69 Å². The molecule has 0 aromatic heterocycles. The molecule has 98 valence electrons. The van der Waals surface area contributed by atoms with E-state index in [1.807, 2.05) is 0 Å². The second-order valence-electron chi connectivity index (χ2n) is 4.24. The maximum absolute atomic E-state index is 13.2. The van der Waals surface area contributed by atoms with E-state index in [4.69, 9.17) is 22.1 Å². The van der Waals surface area contributed by atoms with E-state index in [-0.39, 0.29) is 22.9 Å². The monoisotopic (exact) mass is 274 g/mol. The molecular weight excluding hydrogens is 263 g/mol. The number of benzene rings is 1. The maximum atomic E-state index is 13.2. The molecule has 0 heterocycles. The molecule has 7 heteroatoms. The third-order valence-corrected chi connectivity index (χ3v) is 3.27. The van der Waals surface area contributed by atoms with Crippen molar-refractivity contribution in [2.45, 2.75) is 31.4 Å². The first kappa shape index (κ1) is 13.0. The summed E-state index contributed by atoms with van der Waals surface area (Å²) in [5, 5.41) is 10.6. The van der Waals surface area contributed by atoms with E-state index < -0.39 is 16.4 Å². The Morgan fingerprint density at radius 3 is 2.78 bits per heavy atom. The molecule has 1 aromatic carbocycles. The number of nitrogens with two attached hydrogens (primary N) is 1. The zero-order valence-corrected chi connectivity index (χ0v) is 10.2. The van der Waals surface area contributed by atoms with Gasteiger partial charge in [-0.3, -0.25) is 10.1 Å². The van der Waals surface area contributed by atoms with Crippen molar-refractivity contribution in [3.05, 3.63) is 33.1 Å². The van der Waals surface area contributed by atoms with Crippen LogP contribution in [0.1, 0.15) is 19.3 Å². The number of nitrogens with zero attached hydrogens (tertiary/aromatic N) is 1. The van der Waals surface area contributed by atoms with Crippen molar-refractivity contribution in [2.24, 2.45) is 5.73 Å². The highest BCUT2D eigenvalue weighted by Crippen LogP contribution is 2.34. The van der Waals surface area contributed by atoms with Crippen molar-refractivity contribution in [1.29, 1.82) is 0 Å². The number of nitro benzene ring substituents is 1. The summed E-state index contributed by atoms with van der Waals surface area (Å²) in [5.74, 6) is -0.875. The maximum Gasteiger partial charge on any atom is 0.313 e. The van der Waals surface area contributed by atoms with Gasteiger partial charge in [0.1, 0.15) is 11.9 Å². The largest absolute Gasteiger partial charge is 0.482 e. The fourth-order valence-electron chi connectivity index (χ4n) is 2.02. The van der Waals surface area contributed by atoms with Gasteiger partial charge in [-0.1, -0.05) is 11.6 Å². The van der Waals surface area contributed by atoms with Gasteiger partial charge in [0.2, 0.25) is 0 Å². The minimum absolute atomic E-state index is 0.0336. The molecule has 1 fully saturated rings. The highest BCUT2D eigenvalue weighted by atomic mass is 35.5. The molecule has 2 unspecified atom stereocenters. The molecule has 1 aromatic rings. The highest BCUT2D eigenvalue weighted by molar-refractivity contribution is 6.31. The Bertz CT molecular complexity index is 484. The van der Waals surface area contributed by atoms with Crippen molar-refractivity contribution in [3.8, 4) is 5.75 Å². The van der Waals surface area contributed by atoms with Gasteiger partial charge in [0.15, 0.2) is 5.75 Å². The SMILES string of the molecule is NC1CCCC1Oc1cc(Cl)c(F)cc1[N+](=O)[O-]. The van der Waals surface area contributed by atoms with E-state index in [0.717, 1.165) is 31.4 Å². The first-order valence-electron chi connectivity index (χ1n) is 5.54. The van der Waals surface area contributed by atoms with Crippen molar-refractivity contribution in [2.75, 3.05) is 0 Å². The lowest BCUT2D eigenvalue weighted by Gasteiger charge is -2.17. The summed E-state index contributed by atoms with van der Waals surface area (Å²) >= 11 is 5.60. The number of halogens is 2. The Morgan fingerprint density at radius 1 is 1.50 bits per heavy atom. The molecular formula is C11H12ClFN2O3. The molecule has 0 saturated heterocycles. The quantitative estimate of drug-likeness (QED) is 0.679. The predicted octanol–water partition coefficient (Wildman–Crippen LogP) is 2.65. The normalized spacial score (nSPS) is 23.1. The van der Waals surface area contributed by atoms with E-state index in [1.165, 1.54) is 0 Å². The fraction of sp³-hybridized carbons (Fsp3) is 0.455. The van der Waals surface area contributed by atoms with Crippen LogP contribution in [0.4, 0.5) is 10.1 Å². The third kappa shape index (κ3) is 2.54. The van der Waals surface area contributed by atoms with Gasteiger partial charge in [0.05, 0.1) is 16.0 Å². The number of hydrogen-bond acceptors (Lipinski definition) is 4. The molecule has 0 amide bonds. The van der Waals surface area contributed by atoms with Crippen molar-refractivity contribution in [3.63, 3.8) is 0 Å². The minimum atomic E-state index is -0.841. The van der Waals surface area contributed by atoms with Gasteiger partial charge in [-0.25, -0.2) is 4.39 Å². The number of nitro groups is 1. The lowest BCUT2D eigenvalue weighted by Crippen LogP contribution is -2.33. The van der Waals surface area contributed by atoms with Crippen molar-refractivity contribution >= 4 is 17.3 Å². The van der Waals surface area contributed by atoms with Gasteiger partial charge in [-0.05, 0) is 19.3 Å². The standard InChI is InChI=1S/C11H12ClFN2O3/c12-6-4-11(9(15(16)17)5-7(6)13)18-10-3-1-2-8(10)14/h4-5,8,10H,1-3,14H2. The molecule has 18 heavy (non-hydrogen) atoms. The summed E-state index contributed by atoms with van der Waals surface area (Å²) in [4.78, 5) is 10.1. The Labute approximate surface area is 108 Å². The summed E-state index contributed by atoms with van der Waals surface area (Å²) in [5.41, 5.74) is 5.38. The summed E-state index contributed by atoms with van der Waals surface area (Å²) in [6.07, 6.45) is 2.17. The van der Waals surface area contributed by atoms with E-state index in [1.54, 1.807) is 0 Å².